The van der Waals surface area contributed by atoms with Crippen molar-refractivity contribution < 1.29 is 0 Å². The van der Waals surface area contributed by atoms with Crippen LogP contribution in [0.5, 0.6) is 0 Å². The highest BCUT2D eigenvalue weighted by atomic mass is 32.2. The van der Waals surface area contributed by atoms with E-state index in [0.29, 0.717) is 0 Å². The fourth-order valence-electron chi connectivity index (χ4n) is 1.39. The highest BCUT2D eigenvalue weighted by Gasteiger charge is 2.05. The van der Waals surface area contributed by atoms with E-state index < -0.39 is 0 Å². The lowest BCUT2D eigenvalue weighted by atomic mass is 10.5. The molecule has 7 heteroatoms. The van der Waals surface area contributed by atoms with Crippen molar-refractivity contribution >= 4 is 34.9 Å². The maximum atomic E-state index is 4.23. The van der Waals surface area contributed by atoms with Gasteiger partial charge in [0.1, 0.15) is 0 Å². The molecule has 0 saturated heterocycles. The van der Waals surface area contributed by atoms with E-state index in [2.05, 4.69) is 48.2 Å². The Morgan fingerprint density at radius 1 is 0.842 bits per heavy atom. The van der Waals surface area contributed by atoms with Crippen LogP contribution in [0.15, 0.2) is 8.68 Å². The average molecular weight is 321 g/mol. The second-order valence-corrected chi connectivity index (χ2v) is 8.51. The Morgan fingerprint density at radius 2 is 1.26 bits per heavy atom. The van der Waals surface area contributed by atoms with Gasteiger partial charge in [0.25, 0.3) is 0 Å². The Balaban J connectivity index is 2.14. The van der Waals surface area contributed by atoms with E-state index in [1.165, 1.54) is 12.8 Å². The lowest BCUT2D eigenvalue weighted by Crippen LogP contribution is -2.13. The third kappa shape index (κ3) is 8.86. The highest BCUT2D eigenvalue weighted by Crippen LogP contribution is 2.29. The van der Waals surface area contributed by atoms with Gasteiger partial charge in [-0.05, 0) is 54.1 Å². The van der Waals surface area contributed by atoms with Gasteiger partial charge in [0.05, 0.1) is 0 Å². The summed E-state index contributed by atoms with van der Waals surface area (Å²) in [6.07, 6.45) is 2.39. The van der Waals surface area contributed by atoms with E-state index in [0.717, 1.165) is 33.3 Å². The van der Waals surface area contributed by atoms with Crippen molar-refractivity contribution in [1.82, 2.24) is 20.0 Å². The normalized spacial score (nSPS) is 11.7. The molecule has 0 bridgehead atoms. The molecule has 1 aromatic rings. The van der Waals surface area contributed by atoms with Gasteiger partial charge in [-0.1, -0.05) is 34.9 Å². The van der Waals surface area contributed by atoms with Crippen LogP contribution in [0.4, 0.5) is 0 Å². The van der Waals surface area contributed by atoms with Crippen LogP contribution in [0.1, 0.15) is 12.8 Å². The van der Waals surface area contributed by atoms with Gasteiger partial charge in [-0.3, -0.25) is 0 Å². The molecule has 0 unspecified atom stereocenters. The maximum Gasteiger partial charge on any atom is 0.175 e. The summed E-state index contributed by atoms with van der Waals surface area (Å²) in [6, 6.07) is 0. The predicted octanol–water partition coefficient (Wildman–Crippen LogP) is 2.63. The number of hydrogen-bond donors (Lipinski definition) is 0. The van der Waals surface area contributed by atoms with Gasteiger partial charge in [0.2, 0.25) is 0 Å². The quantitative estimate of drug-likeness (QED) is 0.487. The van der Waals surface area contributed by atoms with Crippen molar-refractivity contribution in [3.05, 3.63) is 0 Å². The average Bonchev–Trinajstić information content (AvgIpc) is 2.78. The second-order valence-electron chi connectivity index (χ2n) is 4.84. The molecule has 0 aliphatic rings. The van der Waals surface area contributed by atoms with Crippen molar-refractivity contribution in [2.24, 2.45) is 0 Å². The van der Waals surface area contributed by atoms with Crippen LogP contribution in [0.25, 0.3) is 0 Å². The second kappa shape index (κ2) is 9.99. The molecule has 4 nitrogen and oxygen atoms in total. The van der Waals surface area contributed by atoms with Gasteiger partial charge in [-0.2, -0.15) is 0 Å². The molecule has 1 aromatic heterocycles. The minimum Gasteiger partial charge on any atom is -0.309 e. The summed E-state index contributed by atoms with van der Waals surface area (Å²) in [7, 11) is 8.44. The first kappa shape index (κ1) is 17.2. The molecule has 0 radical (unpaired) electrons. The Kier molecular flexibility index (Phi) is 9.06. The molecule has 0 atom stereocenters. The van der Waals surface area contributed by atoms with E-state index in [1.54, 1.807) is 11.3 Å². The zero-order valence-corrected chi connectivity index (χ0v) is 14.7. The molecule has 19 heavy (non-hydrogen) atoms. The summed E-state index contributed by atoms with van der Waals surface area (Å²) in [5, 5.41) is 8.47. The summed E-state index contributed by atoms with van der Waals surface area (Å²) in [5.74, 6) is 2.25. The minimum atomic E-state index is 1.11. The van der Waals surface area contributed by atoms with Crippen LogP contribution in [-0.2, 0) is 0 Å². The summed E-state index contributed by atoms with van der Waals surface area (Å²) in [5.41, 5.74) is 0. The maximum absolute atomic E-state index is 4.23. The number of hydrogen-bond acceptors (Lipinski definition) is 7. The molecule has 1 heterocycles. The molecule has 0 spiro atoms. The van der Waals surface area contributed by atoms with Crippen LogP contribution in [0, 0.1) is 0 Å². The van der Waals surface area contributed by atoms with Crippen LogP contribution >= 0.6 is 34.9 Å². The molecular formula is C12H24N4S3. The molecule has 0 amide bonds. The summed E-state index contributed by atoms with van der Waals surface area (Å²) < 4.78 is 2.21. The molecule has 110 valence electrons. The van der Waals surface area contributed by atoms with Crippen LogP contribution < -0.4 is 0 Å². The van der Waals surface area contributed by atoms with Gasteiger partial charge in [0.15, 0.2) is 8.68 Å². The molecular weight excluding hydrogens is 296 g/mol. The number of rotatable bonds is 10. The molecule has 0 aliphatic heterocycles. The van der Waals surface area contributed by atoms with E-state index >= 15 is 0 Å². The van der Waals surface area contributed by atoms with Crippen molar-refractivity contribution in [3.63, 3.8) is 0 Å². The zero-order chi connectivity index (χ0) is 14.1. The summed E-state index contributed by atoms with van der Waals surface area (Å²) in [6.45, 7) is 2.27. The van der Waals surface area contributed by atoms with E-state index in [4.69, 9.17) is 0 Å². The molecule has 0 saturated carbocycles. The lowest BCUT2D eigenvalue weighted by molar-refractivity contribution is 0.410. The molecule has 0 fully saturated rings. The van der Waals surface area contributed by atoms with E-state index in [9.17, 15) is 0 Å². The first-order valence-corrected chi connectivity index (χ1v) is 9.25. The van der Waals surface area contributed by atoms with Gasteiger partial charge in [-0.15, -0.1) is 10.2 Å². The topological polar surface area (TPSA) is 32.3 Å². The van der Waals surface area contributed by atoms with Crippen LogP contribution in [0.2, 0.25) is 0 Å². The first-order chi connectivity index (χ1) is 9.08. The van der Waals surface area contributed by atoms with Gasteiger partial charge in [0, 0.05) is 11.5 Å². The van der Waals surface area contributed by atoms with Crippen molar-refractivity contribution in [2.45, 2.75) is 21.5 Å². The SMILES string of the molecule is CN(C)CCCSc1nnc(SCCCN(C)C)s1. The largest absolute Gasteiger partial charge is 0.309 e. The first-order valence-electron chi connectivity index (χ1n) is 6.46. The van der Waals surface area contributed by atoms with E-state index in [-0.39, 0.29) is 0 Å². The minimum absolute atomic E-state index is 1.11. The summed E-state index contributed by atoms with van der Waals surface area (Å²) in [4.78, 5) is 4.43. The van der Waals surface area contributed by atoms with Crippen molar-refractivity contribution in [1.29, 1.82) is 0 Å². The Labute approximate surface area is 129 Å². The summed E-state index contributed by atoms with van der Waals surface area (Å²) >= 11 is 5.38. The fraction of sp³-hybridized carbons (Fsp3) is 0.833. The molecule has 0 aliphatic carbocycles. The van der Waals surface area contributed by atoms with Crippen LogP contribution in [-0.4, -0.2) is 72.8 Å². The molecule has 0 aromatic carbocycles. The lowest BCUT2D eigenvalue weighted by Gasteiger charge is -2.07. The van der Waals surface area contributed by atoms with Gasteiger partial charge < -0.3 is 9.80 Å². The number of nitrogens with zero attached hydrogens (tertiary/aromatic N) is 4. The number of aromatic nitrogens is 2. The van der Waals surface area contributed by atoms with Crippen LogP contribution in [0.3, 0.4) is 0 Å². The molecule has 1 rings (SSSR count). The predicted molar refractivity (Wildman–Crippen MR) is 87.7 cm³/mol. The Bertz CT molecular complexity index is 311. The monoisotopic (exact) mass is 320 g/mol. The smallest absolute Gasteiger partial charge is 0.175 e. The Morgan fingerprint density at radius 3 is 1.63 bits per heavy atom. The van der Waals surface area contributed by atoms with Crippen molar-refractivity contribution in [2.75, 3.05) is 52.8 Å². The van der Waals surface area contributed by atoms with E-state index in [1.807, 2.05) is 23.5 Å². The highest BCUT2D eigenvalue weighted by molar-refractivity contribution is 8.03. The van der Waals surface area contributed by atoms with Gasteiger partial charge in [-0.25, -0.2) is 0 Å². The van der Waals surface area contributed by atoms with Gasteiger partial charge >= 0.3 is 0 Å². The number of thioether (sulfide) groups is 2. The standard InChI is InChI=1S/C12H24N4S3/c1-15(2)7-5-9-17-11-13-14-12(19-11)18-10-6-8-16(3)4/h5-10H2,1-4H3. The molecule has 0 N–H and O–H groups in total. The fourth-order valence-corrected chi connectivity index (χ4v) is 4.40. The Hall–Kier alpha value is 0.180. The third-order valence-corrected chi connectivity index (χ3v) is 5.70. The third-order valence-electron chi connectivity index (χ3n) is 2.34. The zero-order valence-electron chi connectivity index (χ0n) is 12.3. The van der Waals surface area contributed by atoms with Crippen molar-refractivity contribution in [3.8, 4) is 0 Å².